The third kappa shape index (κ3) is 6.20. The van der Waals surface area contributed by atoms with Crippen LogP contribution in [-0.4, -0.2) is 54.5 Å². The van der Waals surface area contributed by atoms with E-state index in [9.17, 15) is 9.59 Å². The van der Waals surface area contributed by atoms with Crippen LogP contribution in [0.15, 0.2) is 46.9 Å². The number of piperazine rings is 1. The minimum Gasteiger partial charge on any atom is -0.334 e. The first-order valence-corrected chi connectivity index (χ1v) is 11.2. The molecule has 1 aliphatic rings. The molecule has 160 valence electrons. The summed E-state index contributed by atoms with van der Waals surface area (Å²) < 4.78 is 0.904. The standard InChI is InChI=1S/C22H26BrClN4O2/c1-2-16-5-3-4-6-20(16)26-21(29)15-27-9-11-28(12-10-27)22(30)25-14-17-7-8-18(23)13-19(17)24/h3-8,13H,2,9-12,14-15H2,1H3,(H,25,30)(H,26,29). The van der Waals surface area contributed by atoms with Crippen molar-refractivity contribution in [3.8, 4) is 0 Å². The second-order valence-electron chi connectivity index (χ2n) is 7.22. The van der Waals surface area contributed by atoms with Crippen molar-refractivity contribution < 1.29 is 9.59 Å². The molecular formula is C22H26BrClN4O2. The lowest BCUT2D eigenvalue weighted by molar-refractivity contribution is -0.117. The van der Waals surface area contributed by atoms with Gasteiger partial charge < -0.3 is 15.5 Å². The van der Waals surface area contributed by atoms with Gasteiger partial charge in [0.1, 0.15) is 0 Å². The molecule has 0 bridgehead atoms. The van der Waals surface area contributed by atoms with E-state index in [0.29, 0.717) is 44.3 Å². The Balaban J connectivity index is 1.42. The van der Waals surface area contributed by atoms with Crippen molar-refractivity contribution in [1.29, 1.82) is 0 Å². The van der Waals surface area contributed by atoms with Gasteiger partial charge in [-0.1, -0.05) is 58.7 Å². The Hall–Kier alpha value is -2.09. The number of halogens is 2. The highest BCUT2D eigenvalue weighted by atomic mass is 79.9. The van der Waals surface area contributed by atoms with Crippen LogP contribution in [-0.2, 0) is 17.8 Å². The lowest BCUT2D eigenvalue weighted by atomic mass is 10.1. The van der Waals surface area contributed by atoms with Crippen LogP contribution in [0.25, 0.3) is 0 Å². The molecule has 1 heterocycles. The molecule has 0 spiro atoms. The van der Waals surface area contributed by atoms with Crippen molar-refractivity contribution in [1.82, 2.24) is 15.1 Å². The molecule has 6 nitrogen and oxygen atoms in total. The van der Waals surface area contributed by atoms with E-state index in [1.54, 1.807) is 4.90 Å². The van der Waals surface area contributed by atoms with Gasteiger partial charge in [-0.25, -0.2) is 4.79 Å². The molecule has 2 aromatic rings. The number of carbonyl (C=O) groups excluding carboxylic acids is 2. The van der Waals surface area contributed by atoms with Crippen LogP contribution in [0.3, 0.4) is 0 Å². The van der Waals surface area contributed by atoms with Crippen LogP contribution in [0.2, 0.25) is 5.02 Å². The van der Waals surface area contributed by atoms with E-state index in [0.717, 1.165) is 27.7 Å². The van der Waals surface area contributed by atoms with Gasteiger partial charge in [0.25, 0.3) is 0 Å². The number of urea groups is 1. The zero-order chi connectivity index (χ0) is 21.5. The molecule has 1 saturated heterocycles. The van der Waals surface area contributed by atoms with E-state index in [2.05, 4.69) is 38.4 Å². The predicted molar refractivity (Wildman–Crippen MR) is 124 cm³/mol. The first-order valence-electron chi connectivity index (χ1n) is 10.0. The highest BCUT2D eigenvalue weighted by molar-refractivity contribution is 9.10. The summed E-state index contributed by atoms with van der Waals surface area (Å²) in [5, 5.41) is 6.54. The number of anilines is 1. The van der Waals surface area contributed by atoms with Crippen molar-refractivity contribution >= 4 is 45.2 Å². The Morgan fingerprint density at radius 2 is 1.80 bits per heavy atom. The van der Waals surface area contributed by atoms with Gasteiger partial charge in [0.2, 0.25) is 5.91 Å². The Bertz CT molecular complexity index is 900. The third-order valence-electron chi connectivity index (χ3n) is 5.14. The summed E-state index contributed by atoms with van der Waals surface area (Å²) in [6.45, 7) is 5.26. The van der Waals surface area contributed by atoms with E-state index in [1.807, 2.05) is 42.5 Å². The minimum atomic E-state index is -0.116. The molecular weight excluding hydrogens is 468 g/mol. The fraction of sp³-hybridized carbons (Fsp3) is 0.364. The van der Waals surface area contributed by atoms with Gasteiger partial charge in [0, 0.05) is 47.9 Å². The SMILES string of the molecule is CCc1ccccc1NC(=O)CN1CCN(C(=O)NCc2ccc(Br)cc2Cl)CC1. The lowest BCUT2D eigenvalue weighted by Gasteiger charge is -2.34. The molecule has 1 fully saturated rings. The van der Waals surface area contributed by atoms with E-state index in [4.69, 9.17) is 11.6 Å². The van der Waals surface area contributed by atoms with Gasteiger partial charge in [0.15, 0.2) is 0 Å². The maximum absolute atomic E-state index is 12.5. The molecule has 0 aliphatic carbocycles. The fourth-order valence-electron chi connectivity index (χ4n) is 3.40. The summed E-state index contributed by atoms with van der Waals surface area (Å²) in [5.41, 5.74) is 2.86. The van der Waals surface area contributed by atoms with Crippen molar-refractivity contribution in [2.24, 2.45) is 0 Å². The van der Waals surface area contributed by atoms with E-state index in [-0.39, 0.29) is 11.9 Å². The Labute approximate surface area is 190 Å². The number of hydrogen-bond donors (Lipinski definition) is 2. The Kier molecular flexibility index (Phi) is 8.13. The normalized spacial score (nSPS) is 14.4. The molecule has 3 rings (SSSR count). The Morgan fingerprint density at radius 3 is 2.50 bits per heavy atom. The first kappa shape index (κ1) is 22.6. The summed E-state index contributed by atoms with van der Waals surface area (Å²) in [5.74, 6) is -0.0290. The van der Waals surface area contributed by atoms with Gasteiger partial charge in [-0.15, -0.1) is 0 Å². The largest absolute Gasteiger partial charge is 0.334 e. The second kappa shape index (κ2) is 10.8. The van der Waals surface area contributed by atoms with Crippen LogP contribution in [0.4, 0.5) is 10.5 Å². The monoisotopic (exact) mass is 492 g/mol. The van der Waals surface area contributed by atoms with E-state index < -0.39 is 0 Å². The van der Waals surface area contributed by atoms with Crippen molar-refractivity contribution in [3.05, 3.63) is 63.1 Å². The molecule has 2 N–H and O–H groups in total. The van der Waals surface area contributed by atoms with Crippen molar-refractivity contribution in [2.75, 3.05) is 38.0 Å². The number of rotatable bonds is 6. The average molecular weight is 494 g/mol. The van der Waals surface area contributed by atoms with Gasteiger partial charge in [-0.05, 0) is 35.7 Å². The number of benzene rings is 2. The zero-order valence-corrected chi connectivity index (χ0v) is 19.3. The maximum Gasteiger partial charge on any atom is 0.317 e. The number of nitrogens with one attached hydrogen (secondary N) is 2. The van der Waals surface area contributed by atoms with Crippen molar-refractivity contribution in [3.63, 3.8) is 0 Å². The fourth-order valence-corrected chi connectivity index (χ4v) is 4.14. The summed E-state index contributed by atoms with van der Waals surface area (Å²) in [6.07, 6.45) is 0.871. The van der Waals surface area contributed by atoms with Crippen LogP contribution in [0, 0.1) is 0 Å². The minimum absolute atomic E-state index is 0.0290. The number of amides is 3. The number of aryl methyl sites for hydroxylation is 1. The third-order valence-corrected chi connectivity index (χ3v) is 5.99. The van der Waals surface area contributed by atoms with Crippen LogP contribution in [0.5, 0.6) is 0 Å². The highest BCUT2D eigenvalue weighted by Crippen LogP contribution is 2.21. The molecule has 8 heteroatoms. The van der Waals surface area contributed by atoms with Crippen LogP contribution >= 0.6 is 27.5 Å². The first-order chi connectivity index (χ1) is 14.5. The summed E-state index contributed by atoms with van der Waals surface area (Å²) >= 11 is 9.58. The van der Waals surface area contributed by atoms with Gasteiger partial charge in [-0.3, -0.25) is 9.69 Å². The quantitative estimate of drug-likeness (QED) is 0.636. The van der Waals surface area contributed by atoms with Crippen molar-refractivity contribution in [2.45, 2.75) is 19.9 Å². The van der Waals surface area contributed by atoms with Gasteiger partial charge in [-0.2, -0.15) is 0 Å². The summed E-state index contributed by atoms with van der Waals surface area (Å²) in [6, 6.07) is 13.3. The average Bonchev–Trinajstić information content (AvgIpc) is 2.74. The van der Waals surface area contributed by atoms with Gasteiger partial charge >= 0.3 is 6.03 Å². The Morgan fingerprint density at radius 1 is 1.07 bits per heavy atom. The van der Waals surface area contributed by atoms with E-state index in [1.165, 1.54) is 0 Å². The molecule has 0 atom stereocenters. The van der Waals surface area contributed by atoms with Crippen LogP contribution < -0.4 is 10.6 Å². The number of para-hydroxylation sites is 1. The van der Waals surface area contributed by atoms with Crippen LogP contribution in [0.1, 0.15) is 18.1 Å². The number of hydrogen-bond acceptors (Lipinski definition) is 3. The molecule has 0 unspecified atom stereocenters. The molecule has 0 aromatic heterocycles. The highest BCUT2D eigenvalue weighted by Gasteiger charge is 2.22. The smallest absolute Gasteiger partial charge is 0.317 e. The molecule has 2 aromatic carbocycles. The second-order valence-corrected chi connectivity index (χ2v) is 8.54. The summed E-state index contributed by atoms with van der Waals surface area (Å²) in [4.78, 5) is 28.7. The number of nitrogens with zero attached hydrogens (tertiary/aromatic N) is 2. The number of carbonyl (C=O) groups is 2. The van der Waals surface area contributed by atoms with Gasteiger partial charge in [0.05, 0.1) is 6.54 Å². The predicted octanol–water partition coefficient (Wildman–Crippen LogP) is 4.13. The summed E-state index contributed by atoms with van der Waals surface area (Å²) in [7, 11) is 0. The topological polar surface area (TPSA) is 64.7 Å². The molecule has 0 radical (unpaired) electrons. The van der Waals surface area contributed by atoms with E-state index >= 15 is 0 Å². The lowest BCUT2D eigenvalue weighted by Crippen LogP contribution is -2.52. The zero-order valence-electron chi connectivity index (χ0n) is 17.0. The molecule has 0 saturated carbocycles. The molecule has 3 amide bonds. The molecule has 30 heavy (non-hydrogen) atoms. The molecule has 1 aliphatic heterocycles. The maximum atomic E-state index is 12.5.